The van der Waals surface area contributed by atoms with E-state index in [1.165, 1.54) is 6.20 Å². The molecular formula is C13H10ClNO2. The summed E-state index contributed by atoms with van der Waals surface area (Å²) in [5, 5.41) is 9.51. The molecule has 0 aliphatic heterocycles. The molecule has 1 N–H and O–H groups in total. The Morgan fingerprint density at radius 1 is 1.29 bits per heavy atom. The van der Waals surface area contributed by atoms with Gasteiger partial charge in [-0.05, 0) is 30.7 Å². The molecule has 4 heteroatoms. The Hall–Kier alpha value is -1.87. The lowest BCUT2D eigenvalue weighted by Gasteiger charge is -2.06. The zero-order valence-electron chi connectivity index (χ0n) is 9.14. The minimum Gasteiger partial charge on any atom is -0.478 e. The van der Waals surface area contributed by atoms with E-state index >= 15 is 0 Å². The standard InChI is InChI=1S/C13H10ClNO2/c1-8-6-10(13(16)17)7-15-12(8)9-2-4-11(14)5-3-9/h2-7H,1H3,(H,16,17). The third kappa shape index (κ3) is 2.45. The van der Waals surface area contributed by atoms with Crippen LogP contribution >= 0.6 is 11.6 Å². The average molecular weight is 248 g/mol. The van der Waals surface area contributed by atoms with Gasteiger partial charge >= 0.3 is 5.97 Å². The lowest BCUT2D eigenvalue weighted by atomic mass is 10.1. The van der Waals surface area contributed by atoms with E-state index in [0.717, 1.165) is 16.8 Å². The number of nitrogens with zero attached hydrogens (tertiary/aromatic N) is 1. The molecule has 0 saturated heterocycles. The highest BCUT2D eigenvalue weighted by Gasteiger charge is 2.08. The number of pyridine rings is 1. The average Bonchev–Trinajstić information content (AvgIpc) is 2.30. The van der Waals surface area contributed by atoms with Gasteiger partial charge < -0.3 is 5.11 Å². The first-order chi connectivity index (χ1) is 8.08. The highest BCUT2D eigenvalue weighted by molar-refractivity contribution is 6.30. The Morgan fingerprint density at radius 2 is 1.94 bits per heavy atom. The predicted octanol–water partition coefficient (Wildman–Crippen LogP) is 3.41. The zero-order chi connectivity index (χ0) is 12.4. The number of aromatic carboxylic acids is 1. The summed E-state index contributed by atoms with van der Waals surface area (Å²) in [6, 6.07) is 8.89. The van der Waals surface area contributed by atoms with Gasteiger partial charge in [0, 0.05) is 16.8 Å². The Morgan fingerprint density at radius 3 is 2.47 bits per heavy atom. The summed E-state index contributed by atoms with van der Waals surface area (Å²) >= 11 is 5.81. The largest absolute Gasteiger partial charge is 0.478 e. The van der Waals surface area contributed by atoms with Crippen molar-refractivity contribution >= 4 is 17.6 Å². The first-order valence-corrected chi connectivity index (χ1v) is 5.41. The fourth-order valence-electron chi connectivity index (χ4n) is 1.60. The maximum atomic E-state index is 10.8. The van der Waals surface area contributed by atoms with Crippen LogP contribution in [0.2, 0.25) is 5.02 Å². The fourth-order valence-corrected chi connectivity index (χ4v) is 1.73. The van der Waals surface area contributed by atoms with E-state index in [4.69, 9.17) is 16.7 Å². The van der Waals surface area contributed by atoms with Crippen LogP contribution < -0.4 is 0 Å². The summed E-state index contributed by atoms with van der Waals surface area (Å²) in [7, 11) is 0. The number of benzene rings is 1. The van der Waals surface area contributed by atoms with Crippen molar-refractivity contribution in [2.24, 2.45) is 0 Å². The second-order valence-electron chi connectivity index (χ2n) is 3.70. The molecule has 86 valence electrons. The molecule has 0 bridgehead atoms. The second-order valence-corrected chi connectivity index (χ2v) is 4.14. The number of hydrogen-bond acceptors (Lipinski definition) is 2. The van der Waals surface area contributed by atoms with Gasteiger partial charge in [0.2, 0.25) is 0 Å². The molecule has 0 aliphatic rings. The van der Waals surface area contributed by atoms with E-state index in [9.17, 15) is 4.79 Å². The summed E-state index contributed by atoms with van der Waals surface area (Å²) in [5.41, 5.74) is 2.71. The molecule has 1 aromatic heterocycles. The first-order valence-electron chi connectivity index (χ1n) is 5.04. The molecule has 0 aliphatic carbocycles. The molecule has 2 aromatic rings. The molecular weight excluding hydrogens is 238 g/mol. The van der Waals surface area contributed by atoms with E-state index in [-0.39, 0.29) is 5.56 Å². The molecule has 1 aromatic carbocycles. The minimum absolute atomic E-state index is 0.195. The number of aryl methyl sites for hydroxylation is 1. The van der Waals surface area contributed by atoms with Gasteiger partial charge in [-0.2, -0.15) is 0 Å². The van der Waals surface area contributed by atoms with E-state index in [1.807, 2.05) is 19.1 Å². The molecule has 0 radical (unpaired) electrons. The smallest absolute Gasteiger partial charge is 0.337 e. The third-order valence-corrected chi connectivity index (χ3v) is 2.69. The Labute approximate surface area is 104 Å². The number of hydrogen-bond donors (Lipinski definition) is 1. The van der Waals surface area contributed by atoms with Gasteiger partial charge in [0.15, 0.2) is 0 Å². The van der Waals surface area contributed by atoms with Gasteiger partial charge in [-0.1, -0.05) is 23.7 Å². The van der Waals surface area contributed by atoms with Crippen molar-refractivity contribution in [1.82, 2.24) is 4.98 Å². The van der Waals surface area contributed by atoms with Crippen molar-refractivity contribution in [3.63, 3.8) is 0 Å². The van der Waals surface area contributed by atoms with Crippen LogP contribution in [0.3, 0.4) is 0 Å². The van der Waals surface area contributed by atoms with Crippen molar-refractivity contribution in [2.45, 2.75) is 6.92 Å². The number of aromatic nitrogens is 1. The van der Waals surface area contributed by atoms with Gasteiger partial charge in [0.1, 0.15) is 0 Å². The minimum atomic E-state index is -0.969. The molecule has 0 unspecified atom stereocenters. The molecule has 0 fully saturated rings. The van der Waals surface area contributed by atoms with Crippen LogP contribution in [0.25, 0.3) is 11.3 Å². The number of carboxylic acid groups (broad SMARTS) is 1. The molecule has 1 heterocycles. The number of carbonyl (C=O) groups is 1. The number of carboxylic acids is 1. The van der Waals surface area contributed by atoms with Crippen LogP contribution in [0.1, 0.15) is 15.9 Å². The maximum absolute atomic E-state index is 10.8. The van der Waals surface area contributed by atoms with Crippen molar-refractivity contribution in [3.05, 3.63) is 52.7 Å². The van der Waals surface area contributed by atoms with E-state index in [0.29, 0.717) is 5.02 Å². The normalized spacial score (nSPS) is 10.2. The lowest BCUT2D eigenvalue weighted by molar-refractivity contribution is 0.0696. The molecule has 3 nitrogen and oxygen atoms in total. The van der Waals surface area contributed by atoms with Crippen LogP contribution in [0.4, 0.5) is 0 Å². The van der Waals surface area contributed by atoms with Crippen molar-refractivity contribution in [2.75, 3.05) is 0 Å². The molecule has 0 saturated carbocycles. The van der Waals surface area contributed by atoms with Crippen LogP contribution in [-0.2, 0) is 0 Å². The lowest BCUT2D eigenvalue weighted by Crippen LogP contribution is -1.99. The van der Waals surface area contributed by atoms with Crippen molar-refractivity contribution in [1.29, 1.82) is 0 Å². The maximum Gasteiger partial charge on any atom is 0.337 e. The predicted molar refractivity (Wildman–Crippen MR) is 66.4 cm³/mol. The SMILES string of the molecule is Cc1cc(C(=O)O)cnc1-c1ccc(Cl)cc1. The van der Waals surface area contributed by atoms with Gasteiger partial charge in [-0.3, -0.25) is 4.98 Å². The van der Waals surface area contributed by atoms with Crippen LogP contribution in [0, 0.1) is 6.92 Å². The first kappa shape index (κ1) is 11.6. The summed E-state index contributed by atoms with van der Waals surface area (Å²) in [6.07, 6.45) is 1.36. The van der Waals surface area contributed by atoms with Crippen LogP contribution in [0.5, 0.6) is 0 Å². The van der Waals surface area contributed by atoms with Gasteiger partial charge in [0.05, 0.1) is 11.3 Å². The van der Waals surface area contributed by atoms with E-state index in [1.54, 1.807) is 18.2 Å². The molecule has 0 spiro atoms. The van der Waals surface area contributed by atoms with Crippen molar-refractivity contribution < 1.29 is 9.90 Å². The van der Waals surface area contributed by atoms with E-state index < -0.39 is 5.97 Å². The fraction of sp³-hybridized carbons (Fsp3) is 0.0769. The number of rotatable bonds is 2. The van der Waals surface area contributed by atoms with Crippen molar-refractivity contribution in [3.8, 4) is 11.3 Å². The highest BCUT2D eigenvalue weighted by atomic mass is 35.5. The second kappa shape index (κ2) is 4.55. The number of halogens is 1. The van der Waals surface area contributed by atoms with Gasteiger partial charge in [-0.25, -0.2) is 4.79 Å². The summed E-state index contributed by atoms with van der Waals surface area (Å²) in [4.78, 5) is 15.0. The topological polar surface area (TPSA) is 50.2 Å². The highest BCUT2D eigenvalue weighted by Crippen LogP contribution is 2.23. The molecule has 0 amide bonds. The quantitative estimate of drug-likeness (QED) is 0.885. The van der Waals surface area contributed by atoms with Crippen LogP contribution in [0.15, 0.2) is 36.5 Å². The molecule has 0 atom stereocenters. The molecule has 17 heavy (non-hydrogen) atoms. The van der Waals surface area contributed by atoms with Gasteiger partial charge in [-0.15, -0.1) is 0 Å². The monoisotopic (exact) mass is 247 g/mol. The summed E-state index contributed by atoms with van der Waals surface area (Å²) < 4.78 is 0. The zero-order valence-corrected chi connectivity index (χ0v) is 9.90. The Kier molecular flexibility index (Phi) is 3.11. The summed E-state index contributed by atoms with van der Waals surface area (Å²) in [5.74, 6) is -0.969. The Balaban J connectivity index is 2.46. The Bertz CT molecular complexity index is 564. The molecule has 2 rings (SSSR count). The summed E-state index contributed by atoms with van der Waals surface area (Å²) in [6.45, 7) is 1.84. The van der Waals surface area contributed by atoms with Gasteiger partial charge in [0.25, 0.3) is 0 Å². The van der Waals surface area contributed by atoms with E-state index in [2.05, 4.69) is 4.98 Å². The van der Waals surface area contributed by atoms with Crippen LogP contribution in [-0.4, -0.2) is 16.1 Å². The third-order valence-electron chi connectivity index (χ3n) is 2.44.